The van der Waals surface area contributed by atoms with Crippen LogP contribution >= 0.6 is 38.9 Å². The minimum Gasteiger partial charge on any atom is -0.270 e. The summed E-state index contributed by atoms with van der Waals surface area (Å²) in [5.41, 5.74) is 4.90. The average molecular weight is 364 g/mol. The number of nitrogens with two attached hydrogens (primary N) is 1. The molecule has 7 heteroatoms. The zero-order valence-electron chi connectivity index (χ0n) is 10.9. The molecule has 1 unspecified atom stereocenters. The molecule has 2 aromatic heterocycles. The zero-order valence-corrected chi connectivity index (χ0v) is 14.1. The Balaban J connectivity index is 2.54. The van der Waals surface area contributed by atoms with Crippen LogP contribution in [0.2, 0.25) is 5.02 Å². The third-order valence-electron chi connectivity index (χ3n) is 2.90. The van der Waals surface area contributed by atoms with Crippen molar-refractivity contribution in [2.24, 2.45) is 5.84 Å². The number of rotatable bonds is 4. The third kappa shape index (κ3) is 2.73. The van der Waals surface area contributed by atoms with Crippen LogP contribution in [-0.4, -0.2) is 9.78 Å². The molecule has 0 aliphatic heterocycles. The topological polar surface area (TPSA) is 55.9 Å². The van der Waals surface area contributed by atoms with Gasteiger partial charge in [0.2, 0.25) is 0 Å². The van der Waals surface area contributed by atoms with Crippen LogP contribution in [0.5, 0.6) is 0 Å². The van der Waals surface area contributed by atoms with Gasteiger partial charge in [0.15, 0.2) is 0 Å². The molecule has 2 aromatic rings. The molecule has 2 rings (SSSR count). The second kappa shape index (κ2) is 5.93. The van der Waals surface area contributed by atoms with Crippen molar-refractivity contribution in [3.63, 3.8) is 0 Å². The molecule has 19 heavy (non-hydrogen) atoms. The van der Waals surface area contributed by atoms with Gasteiger partial charge in [0.1, 0.15) is 0 Å². The van der Waals surface area contributed by atoms with E-state index in [1.807, 2.05) is 17.0 Å². The largest absolute Gasteiger partial charge is 0.270 e. The van der Waals surface area contributed by atoms with Crippen molar-refractivity contribution in [1.29, 1.82) is 0 Å². The van der Waals surface area contributed by atoms with Gasteiger partial charge in [-0.3, -0.25) is 10.5 Å². The van der Waals surface area contributed by atoms with Crippen molar-refractivity contribution in [3.8, 4) is 0 Å². The molecule has 0 spiro atoms. The van der Waals surface area contributed by atoms with Gasteiger partial charge in [-0.15, -0.1) is 11.3 Å². The van der Waals surface area contributed by atoms with Crippen molar-refractivity contribution in [3.05, 3.63) is 37.2 Å². The molecular formula is C12H16BrClN4S. The molecule has 0 saturated carbocycles. The van der Waals surface area contributed by atoms with Gasteiger partial charge in [-0.05, 0) is 47.6 Å². The van der Waals surface area contributed by atoms with E-state index in [4.69, 9.17) is 17.4 Å². The molecular weight excluding hydrogens is 348 g/mol. The minimum atomic E-state index is -0.175. The molecule has 0 aromatic carbocycles. The molecule has 0 fully saturated rings. The Bertz CT molecular complexity index is 578. The van der Waals surface area contributed by atoms with Gasteiger partial charge in [-0.1, -0.05) is 11.6 Å². The predicted octanol–water partition coefficient (Wildman–Crippen LogP) is 3.80. The number of aryl methyl sites for hydroxylation is 1. The molecule has 3 N–H and O–H groups in total. The van der Waals surface area contributed by atoms with Crippen LogP contribution in [0.25, 0.3) is 0 Å². The average Bonchev–Trinajstić information content (AvgIpc) is 2.89. The molecule has 0 bridgehead atoms. The standard InChI is InChI=1S/C12H16BrClN4S/c1-6(2)18-11(8(13)4-16-18)10(17-15)12-9(14)7(3)5-19-12/h4-6,10,17H,15H2,1-3H3. The quantitative estimate of drug-likeness (QED) is 0.641. The lowest BCUT2D eigenvalue weighted by Crippen LogP contribution is -2.31. The van der Waals surface area contributed by atoms with Gasteiger partial charge in [0.05, 0.1) is 27.4 Å². The minimum absolute atomic E-state index is 0.175. The maximum atomic E-state index is 6.35. The van der Waals surface area contributed by atoms with E-state index < -0.39 is 0 Å². The molecule has 104 valence electrons. The maximum Gasteiger partial charge on any atom is 0.0996 e. The summed E-state index contributed by atoms with van der Waals surface area (Å²) in [5.74, 6) is 5.75. The SMILES string of the molecule is Cc1csc(C(NN)c2c(Br)cnn2C(C)C)c1Cl. The van der Waals surface area contributed by atoms with Gasteiger partial charge < -0.3 is 0 Å². The van der Waals surface area contributed by atoms with Crippen molar-refractivity contribution in [1.82, 2.24) is 15.2 Å². The fourth-order valence-corrected chi connectivity index (χ4v) is 3.82. The second-order valence-corrected chi connectivity index (χ2v) is 6.76. The number of aromatic nitrogens is 2. The summed E-state index contributed by atoms with van der Waals surface area (Å²) >= 11 is 11.5. The predicted molar refractivity (Wildman–Crippen MR) is 83.5 cm³/mol. The summed E-state index contributed by atoms with van der Waals surface area (Å²) in [4.78, 5) is 1.00. The van der Waals surface area contributed by atoms with Crippen LogP contribution < -0.4 is 11.3 Å². The highest BCUT2D eigenvalue weighted by Crippen LogP contribution is 2.38. The van der Waals surface area contributed by atoms with Gasteiger partial charge in [-0.2, -0.15) is 5.10 Å². The highest BCUT2D eigenvalue weighted by molar-refractivity contribution is 9.10. The zero-order chi connectivity index (χ0) is 14.2. The van der Waals surface area contributed by atoms with Crippen LogP contribution in [-0.2, 0) is 0 Å². The summed E-state index contributed by atoms with van der Waals surface area (Å²) < 4.78 is 2.87. The fourth-order valence-electron chi connectivity index (χ4n) is 1.96. The first-order valence-electron chi connectivity index (χ1n) is 5.89. The summed E-state index contributed by atoms with van der Waals surface area (Å²) in [6.07, 6.45) is 1.79. The highest BCUT2D eigenvalue weighted by Gasteiger charge is 2.25. The fraction of sp³-hybridized carbons (Fsp3) is 0.417. The molecule has 0 amide bonds. The summed E-state index contributed by atoms with van der Waals surface area (Å²) in [6, 6.07) is 0.0717. The van der Waals surface area contributed by atoms with E-state index in [0.29, 0.717) is 0 Å². The highest BCUT2D eigenvalue weighted by atomic mass is 79.9. The number of thiophene rings is 1. The number of nitrogens with zero attached hydrogens (tertiary/aromatic N) is 2. The maximum absolute atomic E-state index is 6.35. The Hall–Kier alpha value is -0.400. The Morgan fingerprint density at radius 1 is 1.53 bits per heavy atom. The molecule has 0 saturated heterocycles. The third-order valence-corrected chi connectivity index (χ3v) is 5.29. The lowest BCUT2D eigenvalue weighted by atomic mass is 10.1. The Morgan fingerprint density at radius 3 is 2.68 bits per heavy atom. The monoisotopic (exact) mass is 362 g/mol. The number of nitrogens with one attached hydrogen (secondary N) is 1. The Morgan fingerprint density at radius 2 is 2.21 bits per heavy atom. The lowest BCUT2D eigenvalue weighted by molar-refractivity contribution is 0.477. The first-order chi connectivity index (χ1) is 8.97. The van der Waals surface area contributed by atoms with Gasteiger partial charge >= 0.3 is 0 Å². The van der Waals surface area contributed by atoms with Crippen LogP contribution in [0.1, 0.15) is 42.1 Å². The molecule has 0 aliphatic rings. The van der Waals surface area contributed by atoms with Crippen molar-refractivity contribution < 1.29 is 0 Å². The summed E-state index contributed by atoms with van der Waals surface area (Å²) in [6.45, 7) is 6.15. The summed E-state index contributed by atoms with van der Waals surface area (Å²) in [5, 5.41) is 7.18. The van der Waals surface area contributed by atoms with E-state index in [9.17, 15) is 0 Å². The normalized spacial score (nSPS) is 13.2. The van der Waals surface area contributed by atoms with Gasteiger partial charge in [-0.25, -0.2) is 5.43 Å². The van der Waals surface area contributed by atoms with Crippen LogP contribution in [0.3, 0.4) is 0 Å². The smallest absolute Gasteiger partial charge is 0.0996 e. The second-order valence-electron chi connectivity index (χ2n) is 4.61. The molecule has 2 heterocycles. The number of hydrazine groups is 1. The molecule has 0 radical (unpaired) electrons. The van der Waals surface area contributed by atoms with Gasteiger partial charge in [0.25, 0.3) is 0 Å². The van der Waals surface area contributed by atoms with E-state index in [0.717, 1.165) is 25.6 Å². The van der Waals surface area contributed by atoms with E-state index in [1.54, 1.807) is 17.5 Å². The van der Waals surface area contributed by atoms with E-state index in [1.165, 1.54) is 0 Å². The Labute approximate surface area is 130 Å². The van der Waals surface area contributed by atoms with Crippen LogP contribution in [0, 0.1) is 6.92 Å². The molecule has 4 nitrogen and oxygen atoms in total. The van der Waals surface area contributed by atoms with E-state index in [2.05, 4.69) is 40.3 Å². The number of hydrogen-bond donors (Lipinski definition) is 2. The van der Waals surface area contributed by atoms with E-state index in [-0.39, 0.29) is 12.1 Å². The van der Waals surface area contributed by atoms with Crippen molar-refractivity contribution >= 4 is 38.9 Å². The Kier molecular flexibility index (Phi) is 4.68. The first-order valence-corrected chi connectivity index (χ1v) is 7.95. The molecule has 0 aliphatic carbocycles. The van der Waals surface area contributed by atoms with Crippen LogP contribution in [0.4, 0.5) is 0 Å². The number of hydrogen-bond acceptors (Lipinski definition) is 4. The summed E-state index contributed by atoms with van der Waals surface area (Å²) in [7, 11) is 0. The van der Waals surface area contributed by atoms with Crippen LogP contribution in [0.15, 0.2) is 16.0 Å². The van der Waals surface area contributed by atoms with E-state index >= 15 is 0 Å². The van der Waals surface area contributed by atoms with Crippen molar-refractivity contribution in [2.45, 2.75) is 32.9 Å². The van der Waals surface area contributed by atoms with Gasteiger partial charge in [0, 0.05) is 10.9 Å². The lowest BCUT2D eigenvalue weighted by Gasteiger charge is -2.20. The first kappa shape index (κ1) is 15.0. The number of halogens is 2. The van der Waals surface area contributed by atoms with Crippen molar-refractivity contribution in [2.75, 3.05) is 0 Å². The molecule has 1 atom stereocenters.